The third-order valence-corrected chi connectivity index (χ3v) is 3.67. The summed E-state index contributed by atoms with van der Waals surface area (Å²) in [7, 11) is 0. The minimum atomic E-state index is 0.275. The highest BCUT2D eigenvalue weighted by molar-refractivity contribution is 7.11. The molecule has 17 heavy (non-hydrogen) atoms. The molecule has 0 spiro atoms. The molecule has 0 amide bonds. The van der Waals surface area contributed by atoms with Gasteiger partial charge >= 0.3 is 0 Å². The van der Waals surface area contributed by atoms with Crippen LogP contribution in [0.5, 0.6) is 0 Å². The van der Waals surface area contributed by atoms with Crippen molar-refractivity contribution < 1.29 is 0 Å². The highest BCUT2D eigenvalue weighted by Gasteiger charge is 2.08. The van der Waals surface area contributed by atoms with Gasteiger partial charge in [0.15, 0.2) is 0 Å². The van der Waals surface area contributed by atoms with Gasteiger partial charge in [0.25, 0.3) is 0 Å². The Morgan fingerprint density at radius 1 is 1.24 bits per heavy atom. The minimum absolute atomic E-state index is 0.275. The zero-order valence-electron chi connectivity index (χ0n) is 10.4. The number of pyridine rings is 1. The lowest BCUT2D eigenvalue weighted by atomic mass is 10.2. The maximum absolute atomic E-state index is 4.38. The van der Waals surface area contributed by atoms with Gasteiger partial charge in [-0.05, 0) is 32.4 Å². The second-order valence-electron chi connectivity index (χ2n) is 4.24. The lowest BCUT2D eigenvalue weighted by Gasteiger charge is -2.10. The average molecular weight is 247 g/mol. The second kappa shape index (κ2) is 5.38. The number of thiazole rings is 1. The molecule has 0 saturated heterocycles. The van der Waals surface area contributed by atoms with E-state index in [0.717, 1.165) is 17.2 Å². The van der Waals surface area contributed by atoms with Crippen LogP contribution >= 0.6 is 11.3 Å². The fourth-order valence-electron chi connectivity index (χ4n) is 1.52. The molecule has 1 N–H and O–H groups in total. The molecule has 1 atom stereocenters. The summed E-state index contributed by atoms with van der Waals surface area (Å²) in [5.41, 5.74) is 2.26. The molecule has 4 heteroatoms. The maximum atomic E-state index is 4.38. The van der Waals surface area contributed by atoms with Gasteiger partial charge in [-0.1, -0.05) is 6.07 Å². The molecule has 2 aromatic heterocycles. The van der Waals surface area contributed by atoms with E-state index in [9.17, 15) is 0 Å². The van der Waals surface area contributed by atoms with Crippen molar-refractivity contribution in [2.75, 3.05) is 0 Å². The largest absolute Gasteiger partial charge is 0.302 e. The number of hydrogen-bond donors (Lipinski definition) is 1. The van der Waals surface area contributed by atoms with Crippen LogP contribution in [0.4, 0.5) is 0 Å². The molecule has 2 rings (SSSR count). The van der Waals surface area contributed by atoms with Gasteiger partial charge in [-0.25, -0.2) is 4.98 Å². The van der Waals surface area contributed by atoms with Crippen LogP contribution in [0.1, 0.15) is 34.1 Å². The van der Waals surface area contributed by atoms with Crippen LogP contribution in [0.15, 0.2) is 24.5 Å². The summed E-state index contributed by atoms with van der Waals surface area (Å²) in [5.74, 6) is 0. The number of nitrogens with one attached hydrogen (secondary N) is 1. The molecule has 90 valence electrons. The van der Waals surface area contributed by atoms with E-state index >= 15 is 0 Å². The van der Waals surface area contributed by atoms with Gasteiger partial charge in [0, 0.05) is 23.8 Å². The van der Waals surface area contributed by atoms with E-state index in [-0.39, 0.29) is 6.04 Å². The maximum Gasteiger partial charge on any atom is 0.109 e. The van der Waals surface area contributed by atoms with Crippen molar-refractivity contribution in [3.8, 4) is 0 Å². The average Bonchev–Trinajstić information content (AvgIpc) is 2.75. The van der Waals surface area contributed by atoms with E-state index in [2.05, 4.69) is 41.3 Å². The molecule has 0 saturated carbocycles. The van der Waals surface area contributed by atoms with Crippen LogP contribution in [0.3, 0.4) is 0 Å². The predicted octanol–water partition coefficient (Wildman–Crippen LogP) is 3.01. The van der Waals surface area contributed by atoms with E-state index in [1.54, 1.807) is 11.3 Å². The van der Waals surface area contributed by atoms with E-state index in [0.29, 0.717) is 0 Å². The van der Waals surface area contributed by atoms with Crippen LogP contribution in [0.25, 0.3) is 0 Å². The van der Waals surface area contributed by atoms with Crippen molar-refractivity contribution in [2.24, 2.45) is 0 Å². The molecule has 0 fully saturated rings. The van der Waals surface area contributed by atoms with E-state index in [1.807, 2.05) is 19.3 Å². The summed E-state index contributed by atoms with van der Waals surface area (Å²) in [5, 5.41) is 4.57. The zero-order chi connectivity index (χ0) is 12.3. The van der Waals surface area contributed by atoms with Crippen molar-refractivity contribution in [2.45, 2.75) is 33.4 Å². The van der Waals surface area contributed by atoms with E-state index in [4.69, 9.17) is 0 Å². The second-order valence-corrected chi connectivity index (χ2v) is 5.50. The Kier molecular flexibility index (Phi) is 3.86. The number of rotatable bonds is 4. The van der Waals surface area contributed by atoms with Crippen LogP contribution in [-0.2, 0) is 6.54 Å². The van der Waals surface area contributed by atoms with Crippen molar-refractivity contribution in [3.05, 3.63) is 45.7 Å². The smallest absolute Gasteiger partial charge is 0.109 e. The molecule has 0 radical (unpaired) electrons. The van der Waals surface area contributed by atoms with Crippen LogP contribution < -0.4 is 5.32 Å². The molecule has 1 unspecified atom stereocenters. The Hall–Kier alpha value is -1.26. The minimum Gasteiger partial charge on any atom is -0.302 e. The number of hydrogen-bond acceptors (Lipinski definition) is 4. The fourth-order valence-corrected chi connectivity index (χ4v) is 2.32. The van der Waals surface area contributed by atoms with Crippen molar-refractivity contribution in [3.63, 3.8) is 0 Å². The highest BCUT2D eigenvalue weighted by atomic mass is 32.1. The molecule has 0 aromatic carbocycles. The van der Waals surface area contributed by atoms with Crippen LogP contribution in [0, 0.1) is 13.8 Å². The molecule has 0 aliphatic heterocycles. The first-order chi connectivity index (χ1) is 8.15. The summed E-state index contributed by atoms with van der Waals surface area (Å²) in [4.78, 5) is 10.00. The quantitative estimate of drug-likeness (QED) is 0.902. The van der Waals surface area contributed by atoms with Crippen LogP contribution in [0.2, 0.25) is 0 Å². The predicted molar refractivity (Wildman–Crippen MR) is 71.1 cm³/mol. The molecular weight excluding hydrogens is 230 g/mol. The van der Waals surface area contributed by atoms with Gasteiger partial charge in [-0.3, -0.25) is 4.98 Å². The summed E-state index contributed by atoms with van der Waals surface area (Å²) in [6.45, 7) is 7.03. The fraction of sp³-hybridized carbons (Fsp3) is 0.385. The summed E-state index contributed by atoms with van der Waals surface area (Å²) < 4.78 is 0. The topological polar surface area (TPSA) is 37.8 Å². The first-order valence-corrected chi connectivity index (χ1v) is 6.54. The van der Waals surface area contributed by atoms with Gasteiger partial charge in [0.2, 0.25) is 0 Å². The normalized spacial score (nSPS) is 12.6. The zero-order valence-corrected chi connectivity index (χ0v) is 11.2. The number of aromatic nitrogens is 2. The van der Waals surface area contributed by atoms with Crippen molar-refractivity contribution in [1.82, 2.24) is 15.3 Å². The highest BCUT2D eigenvalue weighted by Crippen LogP contribution is 2.19. The standard InChI is InChI=1S/C13H17N3S/c1-9-4-5-12(15-6-9)8-14-11(3)13-16-7-10(2)17-13/h4-7,11,14H,8H2,1-3H3. The summed E-state index contributed by atoms with van der Waals surface area (Å²) in [6.07, 6.45) is 3.82. The summed E-state index contributed by atoms with van der Waals surface area (Å²) in [6, 6.07) is 4.42. The third-order valence-electron chi connectivity index (χ3n) is 2.57. The molecule has 2 aromatic rings. The van der Waals surface area contributed by atoms with E-state index in [1.165, 1.54) is 10.4 Å². The van der Waals surface area contributed by atoms with Gasteiger partial charge < -0.3 is 5.32 Å². The molecule has 2 heterocycles. The first-order valence-electron chi connectivity index (χ1n) is 5.72. The first kappa shape index (κ1) is 12.2. The summed E-state index contributed by atoms with van der Waals surface area (Å²) >= 11 is 1.74. The van der Waals surface area contributed by atoms with Crippen molar-refractivity contribution in [1.29, 1.82) is 0 Å². The number of nitrogens with zero attached hydrogens (tertiary/aromatic N) is 2. The van der Waals surface area contributed by atoms with Crippen LogP contribution in [-0.4, -0.2) is 9.97 Å². The lowest BCUT2D eigenvalue weighted by molar-refractivity contribution is 0.565. The van der Waals surface area contributed by atoms with Gasteiger partial charge in [0.1, 0.15) is 5.01 Å². The SMILES string of the molecule is Cc1ccc(CNC(C)c2ncc(C)s2)nc1. The Labute approximate surface area is 106 Å². The molecule has 0 bridgehead atoms. The third kappa shape index (κ3) is 3.35. The number of aryl methyl sites for hydroxylation is 2. The van der Waals surface area contributed by atoms with Gasteiger partial charge in [0.05, 0.1) is 11.7 Å². The Balaban J connectivity index is 1.92. The van der Waals surface area contributed by atoms with Gasteiger partial charge in [-0.15, -0.1) is 11.3 Å². The lowest BCUT2D eigenvalue weighted by Crippen LogP contribution is -2.18. The Bertz CT molecular complexity index is 476. The van der Waals surface area contributed by atoms with Gasteiger partial charge in [-0.2, -0.15) is 0 Å². The molecule has 0 aliphatic carbocycles. The van der Waals surface area contributed by atoms with E-state index < -0.39 is 0 Å². The molecule has 0 aliphatic rings. The molecular formula is C13H17N3S. The monoisotopic (exact) mass is 247 g/mol. The van der Waals surface area contributed by atoms with Crippen molar-refractivity contribution >= 4 is 11.3 Å². The Morgan fingerprint density at radius 3 is 2.65 bits per heavy atom. The Morgan fingerprint density at radius 2 is 2.06 bits per heavy atom. The molecule has 3 nitrogen and oxygen atoms in total.